The molecule has 3 aromatic carbocycles. The summed E-state index contributed by atoms with van der Waals surface area (Å²) in [6, 6.07) is 17.9. The van der Waals surface area contributed by atoms with Gasteiger partial charge >= 0.3 is 5.97 Å². The van der Waals surface area contributed by atoms with Crippen LogP contribution in [-0.2, 0) is 0 Å². The maximum absolute atomic E-state index is 10.8. The molecule has 0 spiro atoms. The number of carbonyl (C=O) groups is 1. The Morgan fingerprint density at radius 2 is 1.67 bits per heavy atom. The quantitative estimate of drug-likeness (QED) is 0.676. The number of carboxylic acid groups (broad SMARTS) is 1. The minimum absolute atomic E-state index is 0.158. The normalized spacial score (nSPS) is 10.5. The lowest BCUT2D eigenvalue weighted by Gasteiger charge is -2.11. The lowest BCUT2D eigenvalue weighted by Crippen LogP contribution is -2.09. The summed E-state index contributed by atoms with van der Waals surface area (Å²) >= 11 is 0. The fraction of sp³-hybridized carbons (Fsp3) is 0.105. The van der Waals surface area contributed by atoms with E-state index in [1.54, 1.807) is 0 Å². The number of benzene rings is 3. The van der Waals surface area contributed by atoms with Gasteiger partial charge in [0, 0.05) is 11.5 Å². The largest absolute Gasteiger partial charge is 0.507 e. The van der Waals surface area contributed by atoms with Crippen molar-refractivity contribution in [2.45, 2.75) is 0 Å². The molecule has 0 amide bonds. The molecule has 0 bridgehead atoms. The van der Waals surface area contributed by atoms with E-state index in [1.807, 2.05) is 42.5 Å². The van der Waals surface area contributed by atoms with Gasteiger partial charge in [-0.2, -0.15) is 0 Å². The molecular weight excluding hydrogens is 308 g/mol. The van der Waals surface area contributed by atoms with E-state index < -0.39 is 5.97 Å². The first-order chi connectivity index (χ1) is 11.6. The van der Waals surface area contributed by atoms with E-state index >= 15 is 0 Å². The van der Waals surface area contributed by atoms with Crippen molar-refractivity contribution in [3.05, 3.63) is 66.2 Å². The first-order valence-electron chi connectivity index (χ1n) is 7.45. The lowest BCUT2D eigenvalue weighted by atomic mass is 10.1. The molecule has 0 aliphatic rings. The molecule has 0 aromatic heterocycles. The molecule has 0 radical (unpaired) electrons. The van der Waals surface area contributed by atoms with Crippen molar-refractivity contribution >= 4 is 16.7 Å². The van der Waals surface area contributed by atoms with E-state index in [-0.39, 0.29) is 17.9 Å². The van der Waals surface area contributed by atoms with Crippen molar-refractivity contribution in [1.82, 2.24) is 0 Å². The van der Waals surface area contributed by atoms with E-state index in [9.17, 15) is 9.90 Å². The standard InChI is InChI=1S/C19H16O5/c20-17-12-14(8-9-16(17)19(21)22)23-10-11-24-18-7-3-5-13-4-1-2-6-15(13)18/h1-9,12,20H,10-11H2,(H,21,22). The molecule has 0 fully saturated rings. The maximum Gasteiger partial charge on any atom is 0.339 e. The zero-order valence-electron chi connectivity index (χ0n) is 12.8. The Bertz CT molecular complexity index is 867. The Balaban J connectivity index is 1.59. The first-order valence-corrected chi connectivity index (χ1v) is 7.45. The summed E-state index contributed by atoms with van der Waals surface area (Å²) < 4.78 is 11.2. The smallest absolute Gasteiger partial charge is 0.339 e. The molecule has 24 heavy (non-hydrogen) atoms. The number of hydrogen-bond donors (Lipinski definition) is 2. The average molecular weight is 324 g/mol. The zero-order valence-corrected chi connectivity index (χ0v) is 12.8. The molecule has 3 rings (SSSR count). The third kappa shape index (κ3) is 3.41. The van der Waals surface area contributed by atoms with Crippen molar-refractivity contribution in [3.63, 3.8) is 0 Å². The van der Waals surface area contributed by atoms with Crippen LogP contribution in [0.5, 0.6) is 17.2 Å². The molecular formula is C19H16O5. The predicted molar refractivity (Wildman–Crippen MR) is 90.0 cm³/mol. The number of hydrogen-bond acceptors (Lipinski definition) is 4. The number of fused-ring (bicyclic) bond motifs is 1. The Morgan fingerprint density at radius 1 is 0.917 bits per heavy atom. The number of aromatic hydroxyl groups is 1. The Kier molecular flexibility index (Phi) is 4.52. The molecule has 122 valence electrons. The van der Waals surface area contributed by atoms with Crippen LogP contribution in [0.4, 0.5) is 0 Å². The summed E-state index contributed by atoms with van der Waals surface area (Å²) in [5.41, 5.74) is -0.158. The van der Waals surface area contributed by atoms with Crippen molar-refractivity contribution < 1.29 is 24.5 Å². The highest BCUT2D eigenvalue weighted by atomic mass is 16.5. The van der Waals surface area contributed by atoms with E-state index in [2.05, 4.69) is 0 Å². The highest BCUT2D eigenvalue weighted by Gasteiger charge is 2.10. The van der Waals surface area contributed by atoms with Crippen LogP contribution in [0.25, 0.3) is 10.8 Å². The maximum atomic E-state index is 10.8. The molecule has 0 saturated heterocycles. The van der Waals surface area contributed by atoms with E-state index in [1.165, 1.54) is 18.2 Å². The van der Waals surface area contributed by atoms with Crippen molar-refractivity contribution in [2.75, 3.05) is 13.2 Å². The summed E-state index contributed by atoms with van der Waals surface area (Å²) in [7, 11) is 0. The monoisotopic (exact) mass is 324 g/mol. The van der Waals surface area contributed by atoms with Gasteiger partial charge in [0.25, 0.3) is 0 Å². The Morgan fingerprint density at radius 3 is 2.46 bits per heavy atom. The highest BCUT2D eigenvalue weighted by molar-refractivity contribution is 5.91. The van der Waals surface area contributed by atoms with Gasteiger partial charge in [0.15, 0.2) is 0 Å². The molecule has 0 unspecified atom stereocenters. The van der Waals surface area contributed by atoms with Crippen LogP contribution in [0, 0.1) is 0 Å². The van der Waals surface area contributed by atoms with Crippen molar-refractivity contribution in [2.24, 2.45) is 0 Å². The summed E-state index contributed by atoms with van der Waals surface area (Å²) in [5, 5.41) is 20.6. The van der Waals surface area contributed by atoms with Crippen LogP contribution in [0.3, 0.4) is 0 Å². The van der Waals surface area contributed by atoms with Crippen LogP contribution in [-0.4, -0.2) is 29.4 Å². The van der Waals surface area contributed by atoms with E-state index in [0.29, 0.717) is 12.4 Å². The zero-order chi connectivity index (χ0) is 16.9. The second-order valence-corrected chi connectivity index (χ2v) is 5.16. The van der Waals surface area contributed by atoms with Gasteiger partial charge < -0.3 is 19.7 Å². The SMILES string of the molecule is O=C(O)c1ccc(OCCOc2cccc3ccccc23)cc1O. The summed E-state index contributed by atoms with van der Waals surface area (Å²) in [5.74, 6) is -0.340. The van der Waals surface area contributed by atoms with Crippen LogP contribution in [0.15, 0.2) is 60.7 Å². The second-order valence-electron chi connectivity index (χ2n) is 5.16. The van der Waals surface area contributed by atoms with Gasteiger partial charge in [-0.3, -0.25) is 0 Å². The Hall–Kier alpha value is -3.21. The molecule has 0 saturated carbocycles. The second kappa shape index (κ2) is 6.91. The van der Waals surface area contributed by atoms with Gasteiger partial charge in [-0.15, -0.1) is 0 Å². The minimum atomic E-state index is -1.18. The number of rotatable bonds is 6. The van der Waals surface area contributed by atoms with Gasteiger partial charge in [0.05, 0.1) is 0 Å². The molecule has 3 aromatic rings. The third-order valence-corrected chi connectivity index (χ3v) is 3.56. The fourth-order valence-electron chi connectivity index (χ4n) is 2.41. The molecule has 2 N–H and O–H groups in total. The van der Waals surface area contributed by atoms with Crippen molar-refractivity contribution in [1.29, 1.82) is 0 Å². The van der Waals surface area contributed by atoms with Crippen molar-refractivity contribution in [3.8, 4) is 17.2 Å². The van der Waals surface area contributed by atoms with Gasteiger partial charge in [0.1, 0.15) is 36.0 Å². The van der Waals surface area contributed by atoms with Crippen LogP contribution in [0.2, 0.25) is 0 Å². The van der Waals surface area contributed by atoms with E-state index in [0.717, 1.165) is 16.5 Å². The fourth-order valence-corrected chi connectivity index (χ4v) is 2.41. The van der Waals surface area contributed by atoms with Crippen LogP contribution in [0.1, 0.15) is 10.4 Å². The van der Waals surface area contributed by atoms with Crippen LogP contribution < -0.4 is 9.47 Å². The van der Waals surface area contributed by atoms with Crippen LogP contribution >= 0.6 is 0 Å². The van der Waals surface area contributed by atoms with E-state index in [4.69, 9.17) is 14.6 Å². The summed E-state index contributed by atoms with van der Waals surface area (Å²) in [4.78, 5) is 10.8. The number of phenols is 1. The molecule has 0 aliphatic heterocycles. The summed E-state index contributed by atoms with van der Waals surface area (Å²) in [6.07, 6.45) is 0. The number of carboxylic acids is 1. The molecule has 5 nitrogen and oxygen atoms in total. The molecule has 0 atom stereocenters. The lowest BCUT2D eigenvalue weighted by molar-refractivity contribution is 0.0693. The predicted octanol–water partition coefficient (Wildman–Crippen LogP) is 3.70. The molecule has 5 heteroatoms. The summed E-state index contributed by atoms with van der Waals surface area (Å²) in [6.45, 7) is 0.602. The molecule has 0 aliphatic carbocycles. The Labute approximate surface area is 138 Å². The minimum Gasteiger partial charge on any atom is -0.507 e. The highest BCUT2D eigenvalue weighted by Crippen LogP contribution is 2.26. The first kappa shape index (κ1) is 15.7. The number of ether oxygens (including phenoxy) is 2. The molecule has 0 heterocycles. The van der Waals surface area contributed by atoms with Gasteiger partial charge in [-0.25, -0.2) is 4.79 Å². The average Bonchev–Trinajstić information content (AvgIpc) is 2.58. The topological polar surface area (TPSA) is 76.0 Å². The third-order valence-electron chi connectivity index (χ3n) is 3.56. The number of aromatic carboxylic acids is 1. The van der Waals surface area contributed by atoms with Gasteiger partial charge in [0.2, 0.25) is 0 Å². The van der Waals surface area contributed by atoms with Gasteiger partial charge in [-0.1, -0.05) is 36.4 Å². The van der Waals surface area contributed by atoms with Gasteiger partial charge in [-0.05, 0) is 23.6 Å².